The van der Waals surface area contributed by atoms with Crippen LogP contribution in [0, 0.1) is 5.92 Å². The van der Waals surface area contributed by atoms with E-state index < -0.39 is 0 Å². The summed E-state index contributed by atoms with van der Waals surface area (Å²) in [5.41, 5.74) is 1.05. The molecular formula is C20H31ClN4O2. The van der Waals surface area contributed by atoms with Gasteiger partial charge in [-0.15, -0.1) is 0 Å². The summed E-state index contributed by atoms with van der Waals surface area (Å²) in [4.78, 5) is 28.5. The van der Waals surface area contributed by atoms with Crippen molar-refractivity contribution in [3.8, 4) is 0 Å². The van der Waals surface area contributed by atoms with Crippen LogP contribution in [0.2, 0.25) is 5.02 Å². The molecule has 0 saturated carbocycles. The van der Waals surface area contributed by atoms with Crippen molar-refractivity contribution < 1.29 is 9.59 Å². The van der Waals surface area contributed by atoms with Gasteiger partial charge in [-0.3, -0.25) is 9.69 Å². The maximum atomic E-state index is 12.7. The van der Waals surface area contributed by atoms with E-state index in [0.29, 0.717) is 44.3 Å². The van der Waals surface area contributed by atoms with Gasteiger partial charge in [0.25, 0.3) is 0 Å². The largest absolute Gasteiger partial charge is 0.355 e. The molecule has 1 fully saturated rings. The van der Waals surface area contributed by atoms with Crippen LogP contribution in [-0.2, 0) is 4.79 Å². The number of piperazine rings is 1. The normalized spacial score (nSPS) is 16.3. The molecule has 2 rings (SSSR count). The van der Waals surface area contributed by atoms with Crippen LogP contribution in [0.25, 0.3) is 0 Å². The van der Waals surface area contributed by atoms with Crippen molar-refractivity contribution in [3.63, 3.8) is 0 Å². The number of carbonyl (C=O) groups excluding carboxylic acids is 2. The van der Waals surface area contributed by atoms with Crippen LogP contribution in [0.4, 0.5) is 4.79 Å². The number of carbonyl (C=O) groups is 2. The number of urea groups is 1. The molecule has 1 saturated heterocycles. The quantitative estimate of drug-likeness (QED) is 0.747. The van der Waals surface area contributed by atoms with Crippen molar-refractivity contribution in [2.75, 3.05) is 39.3 Å². The number of halogens is 1. The van der Waals surface area contributed by atoms with Crippen LogP contribution < -0.4 is 10.6 Å². The fourth-order valence-electron chi connectivity index (χ4n) is 3.16. The first kappa shape index (κ1) is 21.5. The molecule has 2 N–H and O–H groups in total. The number of nitrogens with zero attached hydrogens (tertiary/aromatic N) is 2. The Balaban J connectivity index is 1.85. The van der Waals surface area contributed by atoms with E-state index in [2.05, 4.69) is 29.4 Å². The molecule has 1 aliphatic heterocycles. The third-order valence-corrected chi connectivity index (χ3v) is 5.03. The predicted octanol–water partition coefficient (Wildman–Crippen LogP) is 2.89. The second kappa shape index (κ2) is 10.5. The number of hydrogen-bond acceptors (Lipinski definition) is 3. The monoisotopic (exact) mass is 394 g/mol. The summed E-state index contributed by atoms with van der Waals surface area (Å²) in [5.74, 6) is 0.316. The van der Waals surface area contributed by atoms with Crippen molar-refractivity contribution >= 4 is 23.5 Å². The lowest BCUT2D eigenvalue weighted by Gasteiger charge is -2.35. The SMILES string of the molecule is CCCNC(=O)CN1CCN(C(=O)NC(c2ccc(Cl)cc2)C(C)C)CC1. The molecule has 1 aromatic rings. The van der Waals surface area contributed by atoms with Gasteiger partial charge in [0.1, 0.15) is 0 Å². The highest BCUT2D eigenvalue weighted by molar-refractivity contribution is 6.30. The smallest absolute Gasteiger partial charge is 0.317 e. The predicted molar refractivity (Wildman–Crippen MR) is 109 cm³/mol. The molecule has 0 aliphatic carbocycles. The zero-order valence-electron chi connectivity index (χ0n) is 16.5. The molecule has 0 aromatic heterocycles. The minimum Gasteiger partial charge on any atom is -0.355 e. The summed E-state index contributed by atoms with van der Waals surface area (Å²) in [6.45, 7) is 9.99. The second-order valence-electron chi connectivity index (χ2n) is 7.34. The van der Waals surface area contributed by atoms with Gasteiger partial charge in [0, 0.05) is 37.7 Å². The number of nitrogens with one attached hydrogen (secondary N) is 2. The summed E-state index contributed by atoms with van der Waals surface area (Å²) in [7, 11) is 0. The van der Waals surface area contributed by atoms with E-state index in [9.17, 15) is 9.59 Å². The number of hydrogen-bond donors (Lipinski definition) is 2. The van der Waals surface area contributed by atoms with Gasteiger partial charge in [0.2, 0.25) is 5.91 Å². The minimum absolute atomic E-state index is 0.0531. The Morgan fingerprint density at radius 2 is 1.74 bits per heavy atom. The van der Waals surface area contributed by atoms with Gasteiger partial charge in [0.15, 0.2) is 0 Å². The molecule has 1 aliphatic rings. The van der Waals surface area contributed by atoms with Crippen LogP contribution in [0.3, 0.4) is 0 Å². The van der Waals surface area contributed by atoms with Crippen LogP contribution >= 0.6 is 11.6 Å². The van der Waals surface area contributed by atoms with Crippen molar-refractivity contribution in [1.82, 2.24) is 20.4 Å². The molecule has 27 heavy (non-hydrogen) atoms. The summed E-state index contributed by atoms with van der Waals surface area (Å²) in [5, 5.41) is 6.73. The summed E-state index contributed by atoms with van der Waals surface area (Å²) >= 11 is 5.97. The van der Waals surface area contributed by atoms with E-state index in [1.807, 2.05) is 36.1 Å². The molecule has 0 spiro atoms. The first-order valence-corrected chi connectivity index (χ1v) is 10.1. The third-order valence-electron chi connectivity index (χ3n) is 4.77. The highest BCUT2D eigenvalue weighted by Gasteiger charge is 2.25. The van der Waals surface area contributed by atoms with Gasteiger partial charge in [-0.1, -0.05) is 44.5 Å². The molecule has 7 heteroatoms. The molecule has 150 valence electrons. The maximum absolute atomic E-state index is 12.7. The van der Waals surface area contributed by atoms with Crippen LogP contribution in [-0.4, -0.2) is 61.0 Å². The van der Waals surface area contributed by atoms with Gasteiger partial charge in [0.05, 0.1) is 12.6 Å². The highest BCUT2D eigenvalue weighted by Crippen LogP contribution is 2.23. The van der Waals surface area contributed by atoms with Crippen molar-refractivity contribution in [3.05, 3.63) is 34.9 Å². The van der Waals surface area contributed by atoms with E-state index in [0.717, 1.165) is 12.0 Å². The number of rotatable bonds is 7. The minimum atomic E-state index is -0.0624. The molecule has 1 unspecified atom stereocenters. The second-order valence-corrected chi connectivity index (χ2v) is 7.77. The molecule has 1 heterocycles. The van der Waals surface area contributed by atoms with E-state index in [-0.39, 0.29) is 23.9 Å². The van der Waals surface area contributed by atoms with Gasteiger partial charge in [-0.2, -0.15) is 0 Å². The Bertz CT molecular complexity index is 613. The van der Waals surface area contributed by atoms with E-state index >= 15 is 0 Å². The molecule has 0 radical (unpaired) electrons. The van der Waals surface area contributed by atoms with Gasteiger partial charge < -0.3 is 15.5 Å². The average Bonchev–Trinajstić information content (AvgIpc) is 2.65. The van der Waals surface area contributed by atoms with Crippen LogP contribution in [0.15, 0.2) is 24.3 Å². The topological polar surface area (TPSA) is 64.7 Å². The molecule has 1 atom stereocenters. The Morgan fingerprint density at radius 1 is 1.11 bits per heavy atom. The Hall–Kier alpha value is -1.79. The molecule has 0 bridgehead atoms. The fraction of sp³-hybridized carbons (Fsp3) is 0.600. The molecular weight excluding hydrogens is 364 g/mol. The van der Waals surface area contributed by atoms with Gasteiger partial charge in [-0.25, -0.2) is 4.79 Å². The Labute approximate surface area is 167 Å². The Kier molecular flexibility index (Phi) is 8.38. The molecule has 3 amide bonds. The maximum Gasteiger partial charge on any atom is 0.317 e. The number of benzene rings is 1. The average molecular weight is 395 g/mol. The lowest BCUT2D eigenvalue weighted by Crippen LogP contribution is -2.54. The molecule has 1 aromatic carbocycles. The van der Waals surface area contributed by atoms with Gasteiger partial charge in [-0.05, 0) is 30.0 Å². The third kappa shape index (κ3) is 6.70. The number of amides is 3. The van der Waals surface area contributed by atoms with Gasteiger partial charge >= 0.3 is 6.03 Å². The summed E-state index contributed by atoms with van der Waals surface area (Å²) in [6, 6.07) is 7.49. The lowest BCUT2D eigenvalue weighted by atomic mass is 9.96. The fourth-order valence-corrected chi connectivity index (χ4v) is 3.29. The van der Waals surface area contributed by atoms with Crippen molar-refractivity contribution in [2.45, 2.75) is 33.2 Å². The lowest BCUT2D eigenvalue weighted by molar-refractivity contribution is -0.122. The van der Waals surface area contributed by atoms with Crippen molar-refractivity contribution in [2.24, 2.45) is 5.92 Å². The van der Waals surface area contributed by atoms with Crippen LogP contribution in [0.1, 0.15) is 38.8 Å². The van der Waals surface area contributed by atoms with Crippen molar-refractivity contribution in [1.29, 1.82) is 0 Å². The van der Waals surface area contributed by atoms with E-state index in [4.69, 9.17) is 11.6 Å². The summed E-state index contributed by atoms with van der Waals surface area (Å²) in [6.07, 6.45) is 0.935. The van der Waals surface area contributed by atoms with E-state index in [1.54, 1.807) is 0 Å². The van der Waals surface area contributed by atoms with E-state index in [1.165, 1.54) is 0 Å². The highest BCUT2D eigenvalue weighted by atomic mass is 35.5. The molecule has 6 nitrogen and oxygen atoms in total. The first-order chi connectivity index (χ1) is 12.9. The van der Waals surface area contributed by atoms with Crippen LogP contribution in [0.5, 0.6) is 0 Å². The first-order valence-electron chi connectivity index (χ1n) is 9.70. The zero-order valence-corrected chi connectivity index (χ0v) is 17.3. The standard InChI is InChI=1S/C20H31ClN4O2/c1-4-9-22-18(26)14-24-10-12-25(13-11-24)20(27)23-19(15(2)3)16-5-7-17(21)8-6-16/h5-8,15,19H,4,9-14H2,1-3H3,(H,22,26)(H,23,27). The zero-order chi connectivity index (χ0) is 19.8. The Morgan fingerprint density at radius 3 is 2.30 bits per heavy atom. The summed E-state index contributed by atoms with van der Waals surface area (Å²) < 4.78 is 0.